The van der Waals surface area contributed by atoms with Crippen LogP contribution in [0.4, 0.5) is 11.4 Å². The number of carbonyl (C=O) groups is 2. The zero-order valence-electron chi connectivity index (χ0n) is 15.5. The van der Waals surface area contributed by atoms with Crippen molar-refractivity contribution in [2.45, 2.75) is 19.9 Å². The monoisotopic (exact) mass is 361 g/mol. The third kappa shape index (κ3) is 4.92. The first-order valence-corrected chi connectivity index (χ1v) is 8.91. The summed E-state index contributed by atoms with van der Waals surface area (Å²) in [5, 5.41) is 11.2. The molecular weight excluding hydrogens is 338 g/mol. The molecule has 3 N–H and O–H groups in total. The Kier molecular flexibility index (Phi) is 5.84. The predicted molar refractivity (Wildman–Crippen MR) is 110 cm³/mol. The molecule has 1 atom stereocenters. The van der Waals surface area contributed by atoms with E-state index in [4.69, 9.17) is 0 Å². The Hall–Kier alpha value is -3.18. The molecule has 3 aromatic rings. The quantitative estimate of drug-likeness (QED) is 0.619. The minimum absolute atomic E-state index is 0.0348. The lowest BCUT2D eigenvalue weighted by atomic mass is 10.00. The molecule has 5 nitrogen and oxygen atoms in total. The van der Waals surface area contributed by atoms with Crippen LogP contribution in [0.3, 0.4) is 0 Å². The smallest absolute Gasteiger partial charge is 0.238 e. The summed E-state index contributed by atoms with van der Waals surface area (Å²) in [7, 11) is 0. The number of rotatable bonds is 6. The number of anilines is 2. The van der Waals surface area contributed by atoms with E-state index < -0.39 is 0 Å². The number of carbonyl (C=O) groups excluding carboxylic acids is 2. The van der Waals surface area contributed by atoms with Gasteiger partial charge < -0.3 is 16.0 Å². The normalized spacial score (nSPS) is 11.8. The molecule has 0 aliphatic heterocycles. The Bertz CT molecular complexity index is 963. The second-order valence-corrected chi connectivity index (χ2v) is 6.48. The van der Waals surface area contributed by atoms with Crippen molar-refractivity contribution >= 4 is 34.0 Å². The van der Waals surface area contributed by atoms with Crippen molar-refractivity contribution in [1.82, 2.24) is 5.32 Å². The van der Waals surface area contributed by atoms with Gasteiger partial charge in [0, 0.05) is 24.3 Å². The number of hydrogen-bond donors (Lipinski definition) is 3. The van der Waals surface area contributed by atoms with E-state index in [0.29, 0.717) is 11.4 Å². The summed E-state index contributed by atoms with van der Waals surface area (Å²) in [6, 6.07) is 21.5. The number of amides is 2. The molecule has 0 heterocycles. The zero-order chi connectivity index (χ0) is 19.2. The van der Waals surface area contributed by atoms with Crippen LogP contribution in [-0.4, -0.2) is 18.4 Å². The molecule has 3 rings (SSSR count). The summed E-state index contributed by atoms with van der Waals surface area (Å²) in [4.78, 5) is 23.4. The van der Waals surface area contributed by atoms with E-state index in [1.807, 2.05) is 25.1 Å². The lowest BCUT2D eigenvalue weighted by Gasteiger charge is -2.16. The zero-order valence-corrected chi connectivity index (χ0v) is 15.5. The van der Waals surface area contributed by atoms with Gasteiger partial charge in [0.15, 0.2) is 0 Å². The lowest BCUT2D eigenvalue weighted by molar-refractivity contribution is -0.115. The average Bonchev–Trinajstić information content (AvgIpc) is 2.65. The van der Waals surface area contributed by atoms with E-state index in [9.17, 15) is 9.59 Å². The Balaban J connectivity index is 1.61. The van der Waals surface area contributed by atoms with Gasteiger partial charge in [-0.25, -0.2) is 0 Å². The van der Waals surface area contributed by atoms with Gasteiger partial charge in [-0.15, -0.1) is 0 Å². The molecule has 3 aromatic carbocycles. The first kappa shape index (κ1) is 18.6. The highest BCUT2D eigenvalue weighted by atomic mass is 16.2. The Morgan fingerprint density at radius 1 is 0.889 bits per heavy atom. The predicted octanol–water partition coefficient (Wildman–Crippen LogP) is 4.09. The van der Waals surface area contributed by atoms with E-state index in [-0.39, 0.29) is 24.4 Å². The summed E-state index contributed by atoms with van der Waals surface area (Å²) < 4.78 is 0. The van der Waals surface area contributed by atoms with Crippen molar-refractivity contribution in [3.8, 4) is 0 Å². The van der Waals surface area contributed by atoms with Gasteiger partial charge in [0.2, 0.25) is 11.8 Å². The van der Waals surface area contributed by atoms with Crippen molar-refractivity contribution in [2.75, 3.05) is 17.2 Å². The molecule has 0 radical (unpaired) electrons. The molecule has 0 spiro atoms. The maximum absolute atomic E-state index is 12.3. The van der Waals surface area contributed by atoms with Gasteiger partial charge >= 0.3 is 0 Å². The molecule has 0 aliphatic rings. The third-order valence-electron chi connectivity index (χ3n) is 4.33. The van der Waals surface area contributed by atoms with Crippen LogP contribution in [0, 0.1) is 0 Å². The molecule has 0 aromatic heterocycles. The molecule has 0 fully saturated rings. The summed E-state index contributed by atoms with van der Waals surface area (Å²) >= 11 is 0. The fourth-order valence-electron chi connectivity index (χ4n) is 3.07. The van der Waals surface area contributed by atoms with Crippen LogP contribution in [-0.2, 0) is 9.59 Å². The average molecular weight is 361 g/mol. The second kappa shape index (κ2) is 8.47. The second-order valence-electron chi connectivity index (χ2n) is 6.48. The fourth-order valence-corrected chi connectivity index (χ4v) is 3.07. The van der Waals surface area contributed by atoms with Crippen LogP contribution in [0.15, 0.2) is 66.7 Å². The van der Waals surface area contributed by atoms with Crippen LogP contribution >= 0.6 is 0 Å². The fraction of sp³-hybridized carbons (Fsp3) is 0.182. The minimum Gasteiger partial charge on any atom is -0.326 e. The van der Waals surface area contributed by atoms with Gasteiger partial charge in [-0.05, 0) is 41.5 Å². The summed E-state index contributed by atoms with van der Waals surface area (Å²) in [6.07, 6.45) is 0. The lowest BCUT2D eigenvalue weighted by Crippen LogP contribution is -2.30. The van der Waals surface area contributed by atoms with Crippen LogP contribution in [0.5, 0.6) is 0 Å². The van der Waals surface area contributed by atoms with Crippen molar-refractivity contribution in [1.29, 1.82) is 0 Å². The van der Waals surface area contributed by atoms with Crippen molar-refractivity contribution in [2.24, 2.45) is 0 Å². The summed E-state index contributed by atoms with van der Waals surface area (Å²) in [6.45, 7) is 3.69. The Labute approximate surface area is 158 Å². The number of nitrogens with one attached hydrogen (secondary N) is 3. The maximum Gasteiger partial charge on any atom is 0.238 e. The van der Waals surface area contributed by atoms with Gasteiger partial charge in [-0.1, -0.05) is 48.5 Å². The Morgan fingerprint density at radius 2 is 1.56 bits per heavy atom. The third-order valence-corrected chi connectivity index (χ3v) is 4.33. The molecule has 0 bridgehead atoms. The van der Waals surface area contributed by atoms with Crippen LogP contribution in [0.1, 0.15) is 25.5 Å². The molecular formula is C22H23N3O2. The van der Waals surface area contributed by atoms with E-state index in [1.165, 1.54) is 17.7 Å². The highest BCUT2D eigenvalue weighted by Gasteiger charge is 2.11. The van der Waals surface area contributed by atoms with Crippen LogP contribution in [0.25, 0.3) is 10.8 Å². The molecule has 0 unspecified atom stereocenters. The van der Waals surface area contributed by atoms with E-state index in [2.05, 4.69) is 40.2 Å². The van der Waals surface area contributed by atoms with E-state index in [0.717, 1.165) is 5.56 Å². The van der Waals surface area contributed by atoms with Gasteiger partial charge in [-0.3, -0.25) is 9.59 Å². The molecule has 0 saturated carbocycles. The molecule has 138 valence electrons. The molecule has 5 heteroatoms. The van der Waals surface area contributed by atoms with Crippen molar-refractivity contribution in [3.63, 3.8) is 0 Å². The van der Waals surface area contributed by atoms with Gasteiger partial charge in [0.1, 0.15) is 0 Å². The minimum atomic E-state index is -0.149. The number of fused-ring (bicyclic) bond motifs is 1. The van der Waals surface area contributed by atoms with Gasteiger partial charge in [0.05, 0.1) is 6.54 Å². The maximum atomic E-state index is 12.3. The number of hydrogen-bond acceptors (Lipinski definition) is 3. The van der Waals surface area contributed by atoms with Gasteiger partial charge in [-0.2, -0.15) is 0 Å². The molecule has 0 aliphatic carbocycles. The summed E-state index contributed by atoms with van der Waals surface area (Å²) in [5.74, 6) is -0.286. The van der Waals surface area contributed by atoms with E-state index >= 15 is 0 Å². The van der Waals surface area contributed by atoms with E-state index in [1.54, 1.807) is 24.3 Å². The first-order chi connectivity index (χ1) is 13.0. The standard InChI is InChI=1S/C22H23N3O2/c1-15(20-12-5-8-17-7-3-4-11-21(17)20)23-14-22(27)25-19-10-6-9-18(13-19)24-16(2)26/h3-13,15,23H,14H2,1-2H3,(H,24,26)(H,25,27)/t15-/m0/s1. The van der Waals surface area contributed by atoms with Crippen molar-refractivity contribution in [3.05, 3.63) is 72.3 Å². The van der Waals surface area contributed by atoms with Crippen LogP contribution < -0.4 is 16.0 Å². The molecule has 2 amide bonds. The Morgan fingerprint density at radius 3 is 2.33 bits per heavy atom. The SMILES string of the molecule is CC(=O)Nc1cccc(NC(=O)CN[C@@H](C)c2cccc3ccccc23)c1. The topological polar surface area (TPSA) is 70.2 Å². The first-order valence-electron chi connectivity index (χ1n) is 8.91. The highest BCUT2D eigenvalue weighted by molar-refractivity contribution is 5.94. The molecule has 27 heavy (non-hydrogen) atoms. The highest BCUT2D eigenvalue weighted by Crippen LogP contribution is 2.24. The van der Waals surface area contributed by atoms with Crippen molar-refractivity contribution < 1.29 is 9.59 Å². The number of benzene rings is 3. The summed E-state index contributed by atoms with van der Waals surface area (Å²) in [5.41, 5.74) is 2.46. The molecule has 0 saturated heterocycles. The van der Waals surface area contributed by atoms with Crippen LogP contribution in [0.2, 0.25) is 0 Å². The largest absolute Gasteiger partial charge is 0.326 e. The van der Waals surface area contributed by atoms with Gasteiger partial charge in [0.25, 0.3) is 0 Å².